The molecular formula is C15H18N2O2. The summed E-state index contributed by atoms with van der Waals surface area (Å²) in [6, 6.07) is 7.78. The lowest BCUT2D eigenvalue weighted by molar-refractivity contribution is 0.0976. The molecule has 0 bridgehead atoms. The molecule has 0 aliphatic carbocycles. The third-order valence-corrected chi connectivity index (χ3v) is 3.68. The Morgan fingerprint density at radius 2 is 2.00 bits per heavy atom. The summed E-state index contributed by atoms with van der Waals surface area (Å²) in [6.07, 6.45) is 3.93. The number of primary amides is 1. The highest BCUT2D eigenvalue weighted by Crippen LogP contribution is 2.22. The molecule has 1 aliphatic rings. The van der Waals surface area contributed by atoms with Crippen LogP contribution in [-0.4, -0.2) is 23.9 Å². The summed E-state index contributed by atoms with van der Waals surface area (Å²) < 4.78 is 5.39. The molecule has 1 aromatic heterocycles. The van der Waals surface area contributed by atoms with Gasteiger partial charge in [0.2, 0.25) is 0 Å². The molecule has 2 aromatic rings. The van der Waals surface area contributed by atoms with E-state index in [-0.39, 0.29) is 5.76 Å². The number of hydrogen-bond donors (Lipinski definition) is 1. The van der Waals surface area contributed by atoms with E-state index in [4.69, 9.17) is 10.2 Å². The van der Waals surface area contributed by atoms with E-state index in [1.54, 1.807) is 6.07 Å². The van der Waals surface area contributed by atoms with Gasteiger partial charge in [-0.3, -0.25) is 9.69 Å². The Hall–Kier alpha value is -1.81. The summed E-state index contributed by atoms with van der Waals surface area (Å²) in [5.74, 6) is -0.293. The number of rotatable bonds is 3. The fourth-order valence-electron chi connectivity index (χ4n) is 2.69. The van der Waals surface area contributed by atoms with Crippen molar-refractivity contribution in [1.29, 1.82) is 0 Å². The Morgan fingerprint density at radius 3 is 2.74 bits per heavy atom. The van der Waals surface area contributed by atoms with Crippen molar-refractivity contribution >= 4 is 16.9 Å². The highest BCUT2D eigenvalue weighted by Gasteiger charge is 2.12. The molecule has 1 fully saturated rings. The molecule has 0 spiro atoms. The Bertz CT molecular complexity index is 597. The first-order valence-corrected chi connectivity index (χ1v) is 6.77. The van der Waals surface area contributed by atoms with E-state index < -0.39 is 5.91 Å². The number of hydrogen-bond acceptors (Lipinski definition) is 3. The van der Waals surface area contributed by atoms with E-state index in [2.05, 4.69) is 17.0 Å². The van der Waals surface area contributed by atoms with Gasteiger partial charge in [-0.05, 0) is 49.7 Å². The average molecular weight is 258 g/mol. The Morgan fingerprint density at radius 1 is 1.21 bits per heavy atom. The minimum absolute atomic E-state index is 0.227. The third-order valence-electron chi connectivity index (χ3n) is 3.68. The first-order chi connectivity index (χ1) is 9.22. The molecule has 1 saturated heterocycles. The van der Waals surface area contributed by atoms with Crippen LogP contribution in [-0.2, 0) is 6.54 Å². The summed E-state index contributed by atoms with van der Waals surface area (Å²) in [5.41, 5.74) is 7.20. The van der Waals surface area contributed by atoms with Gasteiger partial charge >= 0.3 is 0 Å². The molecule has 1 amide bonds. The van der Waals surface area contributed by atoms with E-state index in [0.29, 0.717) is 0 Å². The summed E-state index contributed by atoms with van der Waals surface area (Å²) in [7, 11) is 0. The fraction of sp³-hybridized carbons (Fsp3) is 0.400. The average Bonchev–Trinajstić information content (AvgIpc) is 2.83. The molecule has 19 heavy (non-hydrogen) atoms. The second-order valence-electron chi connectivity index (χ2n) is 5.18. The largest absolute Gasteiger partial charge is 0.451 e. The lowest BCUT2D eigenvalue weighted by atomic mass is 10.1. The summed E-state index contributed by atoms with van der Waals surface area (Å²) in [6.45, 7) is 3.32. The number of fused-ring (bicyclic) bond motifs is 1. The number of nitrogens with zero attached hydrogens (tertiary/aromatic N) is 1. The van der Waals surface area contributed by atoms with Gasteiger partial charge in [-0.25, -0.2) is 0 Å². The second kappa shape index (κ2) is 5.05. The van der Waals surface area contributed by atoms with Crippen LogP contribution in [0.15, 0.2) is 28.7 Å². The first kappa shape index (κ1) is 12.2. The van der Waals surface area contributed by atoms with Crippen LogP contribution in [0, 0.1) is 0 Å². The van der Waals surface area contributed by atoms with Crippen molar-refractivity contribution < 1.29 is 9.21 Å². The first-order valence-electron chi connectivity index (χ1n) is 6.77. The zero-order valence-electron chi connectivity index (χ0n) is 10.9. The number of nitrogens with two attached hydrogens (primary N) is 1. The third kappa shape index (κ3) is 2.63. The Labute approximate surface area is 112 Å². The smallest absolute Gasteiger partial charge is 0.284 e. The van der Waals surface area contributed by atoms with Crippen LogP contribution in [0.25, 0.3) is 11.0 Å². The fourth-order valence-corrected chi connectivity index (χ4v) is 2.69. The van der Waals surface area contributed by atoms with Gasteiger partial charge in [0.05, 0.1) is 0 Å². The minimum atomic E-state index is -0.520. The maximum Gasteiger partial charge on any atom is 0.284 e. The molecule has 4 nitrogen and oxygen atoms in total. The van der Waals surface area contributed by atoms with Gasteiger partial charge in [-0.15, -0.1) is 0 Å². The van der Waals surface area contributed by atoms with Crippen molar-refractivity contribution in [3.63, 3.8) is 0 Å². The number of carbonyl (C=O) groups is 1. The number of amides is 1. The van der Waals surface area contributed by atoms with E-state index in [9.17, 15) is 4.79 Å². The lowest BCUT2D eigenvalue weighted by Gasteiger charge is -2.26. The maximum absolute atomic E-state index is 11.1. The van der Waals surface area contributed by atoms with Gasteiger partial charge in [-0.1, -0.05) is 12.5 Å². The summed E-state index contributed by atoms with van der Waals surface area (Å²) >= 11 is 0. The molecule has 0 unspecified atom stereocenters. The molecule has 2 heterocycles. The standard InChI is InChI=1S/C15H18N2O2/c16-15(18)14-9-12-8-11(4-5-13(12)19-14)10-17-6-2-1-3-7-17/h4-5,8-9H,1-3,6-7,10H2,(H2,16,18). The predicted molar refractivity (Wildman–Crippen MR) is 73.9 cm³/mol. The van der Waals surface area contributed by atoms with E-state index in [0.717, 1.165) is 17.5 Å². The van der Waals surface area contributed by atoms with Gasteiger partial charge in [0, 0.05) is 11.9 Å². The second-order valence-corrected chi connectivity index (χ2v) is 5.18. The van der Waals surface area contributed by atoms with Crippen LogP contribution in [0.1, 0.15) is 35.4 Å². The normalized spacial score (nSPS) is 16.8. The van der Waals surface area contributed by atoms with Crippen LogP contribution in [0.4, 0.5) is 0 Å². The van der Waals surface area contributed by atoms with Crippen molar-refractivity contribution in [2.24, 2.45) is 5.73 Å². The van der Waals surface area contributed by atoms with Crippen LogP contribution in [0.5, 0.6) is 0 Å². The molecule has 3 rings (SSSR count). The van der Waals surface area contributed by atoms with Crippen LogP contribution in [0.3, 0.4) is 0 Å². The van der Waals surface area contributed by atoms with Gasteiger partial charge in [0.1, 0.15) is 5.58 Å². The minimum Gasteiger partial charge on any atom is -0.451 e. The maximum atomic E-state index is 11.1. The predicted octanol–water partition coefficient (Wildman–Crippen LogP) is 2.52. The van der Waals surface area contributed by atoms with E-state index in [1.807, 2.05) is 6.07 Å². The van der Waals surface area contributed by atoms with Crippen molar-refractivity contribution in [3.8, 4) is 0 Å². The molecule has 1 aromatic carbocycles. The molecule has 0 atom stereocenters. The van der Waals surface area contributed by atoms with Crippen LogP contribution in [0.2, 0.25) is 0 Å². The zero-order chi connectivity index (χ0) is 13.2. The molecule has 2 N–H and O–H groups in total. The number of likely N-dealkylation sites (tertiary alicyclic amines) is 1. The van der Waals surface area contributed by atoms with Crippen molar-refractivity contribution in [3.05, 3.63) is 35.6 Å². The van der Waals surface area contributed by atoms with Crippen molar-refractivity contribution in [2.75, 3.05) is 13.1 Å². The van der Waals surface area contributed by atoms with Gasteiger partial charge in [0.25, 0.3) is 5.91 Å². The zero-order valence-corrected chi connectivity index (χ0v) is 10.9. The molecule has 4 heteroatoms. The number of benzene rings is 1. The molecule has 0 radical (unpaired) electrons. The SMILES string of the molecule is NC(=O)c1cc2cc(CN3CCCCC3)ccc2o1. The quantitative estimate of drug-likeness (QED) is 0.920. The van der Waals surface area contributed by atoms with Crippen molar-refractivity contribution in [2.45, 2.75) is 25.8 Å². The van der Waals surface area contributed by atoms with Gasteiger partial charge in [0.15, 0.2) is 5.76 Å². The number of carbonyl (C=O) groups excluding carboxylic acids is 1. The lowest BCUT2D eigenvalue weighted by Crippen LogP contribution is -2.28. The van der Waals surface area contributed by atoms with E-state index >= 15 is 0 Å². The molecule has 0 saturated carbocycles. The Balaban J connectivity index is 1.82. The van der Waals surface area contributed by atoms with Crippen LogP contribution < -0.4 is 5.73 Å². The molecular weight excluding hydrogens is 240 g/mol. The summed E-state index contributed by atoms with van der Waals surface area (Å²) in [5, 5.41) is 0.948. The highest BCUT2D eigenvalue weighted by atomic mass is 16.3. The number of furan rings is 1. The topological polar surface area (TPSA) is 59.5 Å². The van der Waals surface area contributed by atoms with Crippen molar-refractivity contribution in [1.82, 2.24) is 4.90 Å². The monoisotopic (exact) mass is 258 g/mol. The van der Waals surface area contributed by atoms with E-state index in [1.165, 1.54) is 37.9 Å². The molecule has 1 aliphatic heterocycles. The van der Waals surface area contributed by atoms with Gasteiger partial charge < -0.3 is 10.2 Å². The highest BCUT2D eigenvalue weighted by molar-refractivity contribution is 5.95. The molecule has 100 valence electrons. The van der Waals surface area contributed by atoms with Crippen LogP contribution >= 0.6 is 0 Å². The number of piperidine rings is 1. The van der Waals surface area contributed by atoms with Gasteiger partial charge in [-0.2, -0.15) is 0 Å². The summed E-state index contributed by atoms with van der Waals surface area (Å²) in [4.78, 5) is 13.6. The Kier molecular flexibility index (Phi) is 3.25.